The van der Waals surface area contributed by atoms with Gasteiger partial charge in [0.1, 0.15) is 0 Å². The van der Waals surface area contributed by atoms with E-state index in [2.05, 4.69) is 21.5 Å². The summed E-state index contributed by atoms with van der Waals surface area (Å²) in [5, 5.41) is 20.2. The highest BCUT2D eigenvalue weighted by Gasteiger charge is 2.39. The fourth-order valence-corrected chi connectivity index (χ4v) is 2.69. The van der Waals surface area contributed by atoms with E-state index in [1.807, 2.05) is 0 Å². The monoisotopic (exact) mass is 347 g/mol. The average Bonchev–Trinajstić information content (AvgIpc) is 3.31. The Hall–Kier alpha value is -2.39. The molecule has 1 aromatic carbocycles. The Morgan fingerprint density at radius 2 is 2.04 bits per heavy atom. The maximum Gasteiger partial charge on any atom is 0.305 e. The first-order valence-electron chi connectivity index (χ1n) is 7.59. The number of carbonyl (C=O) groups is 2. The van der Waals surface area contributed by atoms with Gasteiger partial charge in [0.2, 0.25) is 5.91 Å². The lowest BCUT2D eigenvalue weighted by Gasteiger charge is -2.19. The molecule has 1 aromatic rings. The van der Waals surface area contributed by atoms with Crippen LogP contribution < -0.4 is 5.32 Å². The highest BCUT2D eigenvalue weighted by Crippen LogP contribution is 2.37. The molecule has 0 bridgehead atoms. The Labute approximate surface area is 145 Å². The van der Waals surface area contributed by atoms with Gasteiger partial charge in [-0.15, -0.1) is 12.3 Å². The highest BCUT2D eigenvalue weighted by molar-refractivity contribution is 6.31. The predicted molar refractivity (Wildman–Crippen MR) is 89.5 cm³/mol. The van der Waals surface area contributed by atoms with E-state index in [4.69, 9.17) is 23.1 Å². The van der Waals surface area contributed by atoms with E-state index in [0.717, 1.165) is 0 Å². The number of benzene rings is 1. The molecule has 1 aliphatic rings. The van der Waals surface area contributed by atoms with Crippen LogP contribution in [-0.2, 0) is 9.59 Å². The number of carbonyl (C=O) groups excluding carboxylic acids is 1. The fraction of sp³-hybridized carbons (Fsp3) is 0.412. The summed E-state index contributed by atoms with van der Waals surface area (Å²) in [7, 11) is 0. The quantitative estimate of drug-likeness (QED) is 0.671. The van der Waals surface area contributed by atoms with Gasteiger partial charge in [0.15, 0.2) is 5.66 Å². The lowest BCUT2D eigenvalue weighted by atomic mass is 10.0. The molecular weight excluding hydrogens is 330 g/mol. The van der Waals surface area contributed by atoms with Gasteiger partial charge in [-0.25, -0.2) is 0 Å². The van der Waals surface area contributed by atoms with E-state index >= 15 is 0 Å². The molecule has 1 aliphatic heterocycles. The third kappa shape index (κ3) is 5.07. The molecule has 1 atom stereocenters. The molecule has 1 heterocycles. The molecule has 0 aromatic heterocycles. The van der Waals surface area contributed by atoms with Crippen molar-refractivity contribution in [1.29, 1.82) is 0 Å². The van der Waals surface area contributed by atoms with Crippen LogP contribution in [0.15, 0.2) is 34.5 Å². The summed E-state index contributed by atoms with van der Waals surface area (Å²) in [6.45, 7) is 0. The van der Waals surface area contributed by atoms with Crippen molar-refractivity contribution in [2.75, 3.05) is 0 Å². The Kier molecular flexibility index (Phi) is 5.93. The number of carboxylic acid groups (broad SMARTS) is 1. The normalized spacial score (nSPS) is 15.3. The van der Waals surface area contributed by atoms with Crippen LogP contribution >= 0.6 is 11.6 Å². The molecule has 0 saturated heterocycles. The minimum atomic E-state index is -1.02. The van der Waals surface area contributed by atoms with Gasteiger partial charge in [0.05, 0.1) is 12.5 Å². The van der Waals surface area contributed by atoms with E-state index < -0.39 is 17.7 Å². The second-order valence-electron chi connectivity index (χ2n) is 5.63. The summed E-state index contributed by atoms with van der Waals surface area (Å²) in [5.74, 6) is 1.25. The minimum absolute atomic E-state index is 0.193. The molecule has 0 spiro atoms. The zero-order chi connectivity index (χ0) is 17.6. The largest absolute Gasteiger partial charge is 0.481 e. The van der Waals surface area contributed by atoms with E-state index in [9.17, 15) is 9.59 Å². The van der Waals surface area contributed by atoms with Gasteiger partial charge >= 0.3 is 5.97 Å². The predicted octanol–water partition coefficient (Wildman–Crippen LogP) is 3.33. The first-order chi connectivity index (χ1) is 11.5. The van der Waals surface area contributed by atoms with Crippen LogP contribution in [0.5, 0.6) is 0 Å². The van der Waals surface area contributed by atoms with Crippen molar-refractivity contribution in [3.8, 4) is 12.3 Å². The topological polar surface area (TPSA) is 91.1 Å². The van der Waals surface area contributed by atoms with Crippen molar-refractivity contribution in [3.05, 3.63) is 34.9 Å². The number of hydrogen-bond donors (Lipinski definition) is 2. The van der Waals surface area contributed by atoms with Gasteiger partial charge in [-0.2, -0.15) is 10.2 Å². The zero-order valence-corrected chi connectivity index (χ0v) is 13.8. The number of terminal acetylenes is 1. The molecule has 0 aliphatic carbocycles. The van der Waals surface area contributed by atoms with Crippen LogP contribution in [0.25, 0.3) is 0 Å². The van der Waals surface area contributed by atoms with Crippen molar-refractivity contribution in [3.63, 3.8) is 0 Å². The van der Waals surface area contributed by atoms with Crippen LogP contribution in [-0.4, -0.2) is 22.6 Å². The number of amides is 1. The summed E-state index contributed by atoms with van der Waals surface area (Å²) in [6, 6.07) is 6.18. The standard InChI is InChI=1S/C17H18ClN3O3/c1-2-3-9-17(20-21-17)10-8-15(22)19-14(11-16(23)24)12-6-4-5-7-13(12)18/h1,4-7,14H,3,8-11H2,(H,19,22)(H,23,24). The van der Waals surface area contributed by atoms with Crippen LogP contribution in [0.1, 0.15) is 43.7 Å². The number of carboxylic acids is 1. The maximum absolute atomic E-state index is 12.2. The van der Waals surface area contributed by atoms with Crippen molar-refractivity contribution >= 4 is 23.5 Å². The van der Waals surface area contributed by atoms with Gasteiger partial charge in [-0.3, -0.25) is 9.59 Å². The third-order valence-electron chi connectivity index (χ3n) is 3.80. The third-order valence-corrected chi connectivity index (χ3v) is 4.14. The number of rotatable bonds is 9. The molecule has 7 heteroatoms. The van der Waals surface area contributed by atoms with Gasteiger partial charge in [-0.1, -0.05) is 29.8 Å². The SMILES string of the molecule is C#CCCC1(CCC(=O)NC(CC(=O)O)c2ccccc2Cl)N=N1. The zero-order valence-electron chi connectivity index (χ0n) is 13.0. The number of aliphatic carboxylic acids is 1. The van der Waals surface area contributed by atoms with Crippen LogP contribution in [0.2, 0.25) is 5.02 Å². The summed E-state index contributed by atoms with van der Waals surface area (Å²) >= 11 is 6.11. The first kappa shape index (κ1) is 18.0. The Morgan fingerprint density at radius 1 is 1.33 bits per heavy atom. The summed E-state index contributed by atoms with van der Waals surface area (Å²) in [6.07, 6.45) is 6.82. The number of nitrogens with zero attached hydrogens (tertiary/aromatic N) is 2. The van der Waals surface area contributed by atoms with E-state index in [1.54, 1.807) is 24.3 Å². The van der Waals surface area contributed by atoms with Gasteiger partial charge in [0, 0.05) is 30.7 Å². The molecule has 2 rings (SSSR count). The van der Waals surface area contributed by atoms with Gasteiger partial charge in [-0.05, 0) is 11.6 Å². The number of halogens is 1. The average molecular weight is 348 g/mol. The molecule has 0 fully saturated rings. The lowest BCUT2D eigenvalue weighted by molar-refractivity contribution is -0.137. The Bertz CT molecular complexity index is 691. The molecule has 1 amide bonds. The Balaban J connectivity index is 1.94. The maximum atomic E-state index is 12.2. The first-order valence-corrected chi connectivity index (χ1v) is 7.97. The second-order valence-corrected chi connectivity index (χ2v) is 6.03. The minimum Gasteiger partial charge on any atom is -0.481 e. The molecule has 126 valence electrons. The van der Waals surface area contributed by atoms with Crippen molar-refractivity contribution in [2.24, 2.45) is 10.2 Å². The van der Waals surface area contributed by atoms with Crippen LogP contribution in [0.3, 0.4) is 0 Å². The molecule has 1 unspecified atom stereocenters. The van der Waals surface area contributed by atoms with Gasteiger partial charge in [0.25, 0.3) is 0 Å². The number of hydrogen-bond acceptors (Lipinski definition) is 4. The highest BCUT2D eigenvalue weighted by atomic mass is 35.5. The smallest absolute Gasteiger partial charge is 0.305 e. The molecule has 0 radical (unpaired) electrons. The summed E-state index contributed by atoms with van der Waals surface area (Å²) < 4.78 is 0. The van der Waals surface area contributed by atoms with E-state index in [1.165, 1.54) is 0 Å². The molecule has 0 saturated carbocycles. The Morgan fingerprint density at radius 3 is 2.62 bits per heavy atom. The van der Waals surface area contributed by atoms with Crippen molar-refractivity contribution in [1.82, 2.24) is 5.32 Å². The van der Waals surface area contributed by atoms with Crippen molar-refractivity contribution in [2.45, 2.75) is 43.8 Å². The van der Waals surface area contributed by atoms with E-state index in [0.29, 0.717) is 29.8 Å². The summed E-state index contributed by atoms with van der Waals surface area (Å²) in [5.41, 5.74) is 0.0499. The molecule has 2 N–H and O–H groups in total. The van der Waals surface area contributed by atoms with E-state index in [-0.39, 0.29) is 18.7 Å². The van der Waals surface area contributed by atoms with Gasteiger partial charge < -0.3 is 10.4 Å². The lowest BCUT2D eigenvalue weighted by Crippen LogP contribution is -2.31. The van der Waals surface area contributed by atoms with Crippen molar-refractivity contribution < 1.29 is 14.7 Å². The molecule has 24 heavy (non-hydrogen) atoms. The van der Waals surface area contributed by atoms with Crippen LogP contribution in [0.4, 0.5) is 0 Å². The fourth-order valence-electron chi connectivity index (χ4n) is 2.42. The summed E-state index contributed by atoms with van der Waals surface area (Å²) in [4.78, 5) is 23.3. The molecular formula is C17H18ClN3O3. The second kappa shape index (κ2) is 7.93. The number of nitrogens with one attached hydrogen (secondary N) is 1. The van der Waals surface area contributed by atoms with Crippen LogP contribution in [0, 0.1) is 12.3 Å². The molecule has 6 nitrogen and oxygen atoms in total.